The average molecular weight is 355 g/mol. The van der Waals surface area contributed by atoms with Crippen LogP contribution in [0.3, 0.4) is 0 Å². The van der Waals surface area contributed by atoms with Crippen LogP contribution in [0.1, 0.15) is 44.9 Å². The normalized spacial score (nSPS) is 41.9. The van der Waals surface area contributed by atoms with Crippen LogP contribution in [-0.2, 0) is 4.79 Å². The molecule has 4 fully saturated rings. The predicted octanol–water partition coefficient (Wildman–Crippen LogP) is 4.21. The van der Waals surface area contributed by atoms with Crippen LogP contribution < -0.4 is 5.32 Å². The van der Waals surface area contributed by atoms with Gasteiger partial charge in [-0.1, -0.05) is 15.9 Å². The molecule has 4 aliphatic rings. The van der Waals surface area contributed by atoms with Gasteiger partial charge in [0.25, 0.3) is 0 Å². The third kappa shape index (κ3) is 2.33. The summed E-state index contributed by atoms with van der Waals surface area (Å²) in [5.41, 5.74) is 0.245. The van der Waals surface area contributed by atoms with Crippen LogP contribution in [0.5, 0.6) is 0 Å². The Labute approximate surface area is 131 Å². The first-order chi connectivity index (χ1) is 9.54. The van der Waals surface area contributed by atoms with Gasteiger partial charge in [0.05, 0.1) is 0 Å². The first-order valence-corrected chi connectivity index (χ1v) is 9.10. The number of hydrogen-bond donors (Lipinski definition) is 1. The Morgan fingerprint density at radius 1 is 1.40 bits per heavy atom. The molecule has 1 N–H and O–H groups in total. The molecular weight excluding hydrogens is 336 g/mol. The Hall–Kier alpha value is -0.420. The Morgan fingerprint density at radius 2 is 2.15 bits per heavy atom. The van der Waals surface area contributed by atoms with E-state index in [2.05, 4.69) is 26.2 Å². The lowest BCUT2D eigenvalue weighted by Gasteiger charge is -2.60. The maximum absolute atomic E-state index is 12.3. The molecule has 5 heteroatoms. The van der Waals surface area contributed by atoms with Gasteiger partial charge in [-0.3, -0.25) is 4.79 Å². The van der Waals surface area contributed by atoms with Gasteiger partial charge in [-0.25, -0.2) is 4.98 Å². The molecule has 0 aromatic carbocycles. The van der Waals surface area contributed by atoms with Crippen molar-refractivity contribution in [1.82, 2.24) is 4.98 Å². The molecule has 0 aliphatic heterocycles. The van der Waals surface area contributed by atoms with Gasteiger partial charge in [0.2, 0.25) is 5.91 Å². The molecule has 0 radical (unpaired) electrons. The number of amides is 1. The lowest BCUT2D eigenvalue weighted by molar-refractivity contribution is -0.123. The zero-order valence-electron chi connectivity index (χ0n) is 11.4. The molecule has 108 valence electrons. The highest BCUT2D eigenvalue weighted by Gasteiger charge is 2.57. The van der Waals surface area contributed by atoms with E-state index in [0.717, 1.165) is 17.0 Å². The molecule has 5 rings (SSSR count). The van der Waals surface area contributed by atoms with Crippen LogP contribution in [0.25, 0.3) is 0 Å². The van der Waals surface area contributed by atoms with E-state index in [9.17, 15) is 4.79 Å². The summed E-state index contributed by atoms with van der Waals surface area (Å²) in [6.07, 6.45) is 10.1. The summed E-state index contributed by atoms with van der Waals surface area (Å²) in [4.78, 5) is 16.5. The van der Waals surface area contributed by atoms with Crippen LogP contribution in [-0.4, -0.2) is 15.2 Å². The van der Waals surface area contributed by atoms with E-state index in [1.54, 1.807) is 6.20 Å². The maximum atomic E-state index is 12.3. The molecule has 0 saturated heterocycles. The smallest absolute Gasteiger partial charge is 0.226 e. The van der Waals surface area contributed by atoms with Gasteiger partial charge in [-0.15, -0.1) is 11.3 Å². The van der Waals surface area contributed by atoms with Gasteiger partial charge < -0.3 is 5.32 Å². The molecule has 1 aromatic rings. The lowest BCUT2D eigenvalue weighted by atomic mass is 9.48. The number of hydrogen-bond acceptors (Lipinski definition) is 3. The van der Waals surface area contributed by atoms with E-state index in [1.807, 2.05) is 5.38 Å². The molecule has 0 spiro atoms. The topological polar surface area (TPSA) is 42.0 Å². The van der Waals surface area contributed by atoms with Gasteiger partial charge >= 0.3 is 0 Å². The zero-order valence-corrected chi connectivity index (χ0v) is 13.8. The first-order valence-electron chi connectivity index (χ1n) is 7.43. The molecule has 20 heavy (non-hydrogen) atoms. The SMILES string of the molecule is O=C(CC12CC3CC(CC(Br)(C3)C1)C2)Nc1nccs1. The third-order valence-corrected chi connectivity index (χ3v) is 6.94. The number of carbonyl (C=O) groups is 1. The highest BCUT2D eigenvalue weighted by atomic mass is 79.9. The van der Waals surface area contributed by atoms with E-state index in [-0.39, 0.29) is 11.3 Å². The minimum Gasteiger partial charge on any atom is -0.302 e. The molecule has 4 saturated carbocycles. The van der Waals surface area contributed by atoms with Gasteiger partial charge in [-0.2, -0.15) is 0 Å². The summed E-state index contributed by atoms with van der Waals surface area (Å²) in [5.74, 6) is 1.82. The van der Waals surface area contributed by atoms with Crippen LogP contribution >= 0.6 is 27.3 Å². The fourth-order valence-electron chi connectivity index (χ4n) is 5.33. The van der Waals surface area contributed by atoms with Crippen molar-refractivity contribution in [1.29, 1.82) is 0 Å². The number of aromatic nitrogens is 1. The molecular formula is C15H19BrN2OS. The van der Waals surface area contributed by atoms with Gasteiger partial charge in [0.15, 0.2) is 5.13 Å². The Kier molecular flexibility index (Phi) is 3.01. The summed E-state index contributed by atoms with van der Waals surface area (Å²) in [6.45, 7) is 0. The standard InChI is InChI=1S/C15H19BrN2OS/c16-15-6-10-3-11(7-15)5-14(4-10,9-15)8-12(19)18-13-17-1-2-20-13/h1-2,10-11H,3-9H2,(H,17,18,19). The van der Waals surface area contributed by atoms with Crippen molar-refractivity contribution in [3.05, 3.63) is 11.6 Å². The van der Waals surface area contributed by atoms with Gasteiger partial charge in [0, 0.05) is 22.3 Å². The van der Waals surface area contributed by atoms with E-state index < -0.39 is 0 Å². The van der Waals surface area contributed by atoms with E-state index in [0.29, 0.717) is 10.7 Å². The number of carbonyl (C=O) groups excluding carboxylic acids is 1. The van der Waals surface area contributed by atoms with E-state index >= 15 is 0 Å². The molecule has 4 bridgehead atoms. The summed E-state index contributed by atoms with van der Waals surface area (Å²) >= 11 is 5.49. The first kappa shape index (κ1) is 13.3. The molecule has 1 amide bonds. The van der Waals surface area contributed by atoms with Crippen LogP contribution in [0.4, 0.5) is 5.13 Å². The van der Waals surface area contributed by atoms with Crippen molar-refractivity contribution in [2.45, 2.75) is 49.3 Å². The van der Waals surface area contributed by atoms with Crippen LogP contribution in [0.2, 0.25) is 0 Å². The number of nitrogens with one attached hydrogen (secondary N) is 1. The number of alkyl halides is 1. The average Bonchev–Trinajstić information content (AvgIpc) is 2.76. The molecule has 2 atom stereocenters. The number of anilines is 1. The van der Waals surface area contributed by atoms with Crippen molar-refractivity contribution < 1.29 is 4.79 Å². The van der Waals surface area contributed by atoms with Gasteiger partial charge in [0.1, 0.15) is 0 Å². The molecule has 3 nitrogen and oxygen atoms in total. The third-order valence-electron chi connectivity index (χ3n) is 5.33. The quantitative estimate of drug-likeness (QED) is 0.826. The summed E-state index contributed by atoms with van der Waals surface area (Å²) in [7, 11) is 0. The molecule has 4 aliphatic carbocycles. The largest absolute Gasteiger partial charge is 0.302 e. The van der Waals surface area contributed by atoms with Crippen molar-refractivity contribution in [2.75, 3.05) is 5.32 Å². The Balaban J connectivity index is 1.49. The second-order valence-corrected chi connectivity index (χ2v) is 9.75. The Bertz CT molecular complexity index is 516. The molecule has 2 unspecified atom stereocenters. The highest BCUT2D eigenvalue weighted by molar-refractivity contribution is 9.10. The summed E-state index contributed by atoms with van der Waals surface area (Å²) in [5, 5.41) is 5.59. The fraction of sp³-hybridized carbons (Fsp3) is 0.733. The van der Waals surface area contributed by atoms with Crippen molar-refractivity contribution in [3.63, 3.8) is 0 Å². The number of thiazole rings is 1. The molecule has 1 heterocycles. The second-order valence-electron chi connectivity index (χ2n) is 7.17. The Morgan fingerprint density at radius 3 is 2.75 bits per heavy atom. The summed E-state index contributed by atoms with van der Waals surface area (Å²) < 4.78 is 0.332. The highest BCUT2D eigenvalue weighted by Crippen LogP contribution is 2.65. The van der Waals surface area contributed by atoms with Crippen molar-refractivity contribution >= 4 is 38.3 Å². The minimum atomic E-state index is 0.151. The number of halogens is 1. The van der Waals surface area contributed by atoms with Crippen molar-refractivity contribution in [2.24, 2.45) is 17.3 Å². The van der Waals surface area contributed by atoms with E-state index in [4.69, 9.17) is 0 Å². The monoisotopic (exact) mass is 354 g/mol. The van der Waals surface area contributed by atoms with Crippen LogP contribution in [0.15, 0.2) is 11.6 Å². The predicted molar refractivity (Wildman–Crippen MR) is 84.1 cm³/mol. The second kappa shape index (κ2) is 4.54. The van der Waals surface area contributed by atoms with Crippen molar-refractivity contribution in [3.8, 4) is 0 Å². The number of rotatable bonds is 3. The maximum Gasteiger partial charge on any atom is 0.226 e. The van der Waals surface area contributed by atoms with E-state index in [1.165, 1.54) is 49.9 Å². The zero-order chi connectivity index (χ0) is 13.8. The van der Waals surface area contributed by atoms with Gasteiger partial charge in [-0.05, 0) is 55.8 Å². The fourth-order valence-corrected chi connectivity index (χ4v) is 7.39. The minimum absolute atomic E-state index is 0.151. The summed E-state index contributed by atoms with van der Waals surface area (Å²) in [6, 6.07) is 0. The van der Waals surface area contributed by atoms with Crippen LogP contribution in [0, 0.1) is 17.3 Å². The molecule has 1 aromatic heterocycles. The number of nitrogens with zero attached hydrogens (tertiary/aromatic N) is 1. The lowest BCUT2D eigenvalue weighted by Crippen LogP contribution is -2.53.